The number of rotatable bonds is 7. The van der Waals surface area contributed by atoms with Crippen molar-refractivity contribution in [2.75, 3.05) is 6.54 Å². The van der Waals surface area contributed by atoms with Gasteiger partial charge in [-0.1, -0.05) is 34.1 Å². The van der Waals surface area contributed by atoms with E-state index < -0.39 is 0 Å². The predicted molar refractivity (Wildman–Crippen MR) is 81.1 cm³/mol. The highest BCUT2D eigenvalue weighted by Crippen LogP contribution is 2.19. The number of halogens is 1. The molecule has 112 valence electrons. The molecule has 0 aliphatic heterocycles. The van der Waals surface area contributed by atoms with E-state index in [2.05, 4.69) is 33.0 Å². The molecular weight excluding hydrogens is 253 g/mol. The van der Waals surface area contributed by atoms with Gasteiger partial charge in [-0.25, -0.2) is 4.39 Å². The molecule has 20 heavy (non-hydrogen) atoms. The van der Waals surface area contributed by atoms with Crippen molar-refractivity contribution < 1.29 is 9.18 Å². The van der Waals surface area contributed by atoms with E-state index in [1.807, 2.05) is 0 Å². The van der Waals surface area contributed by atoms with Crippen LogP contribution in [0.25, 0.3) is 0 Å². The second-order valence-corrected chi connectivity index (χ2v) is 6.19. The average molecular weight is 279 g/mol. The van der Waals surface area contributed by atoms with Crippen LogP contribution in [0.5, 0.6) is 0 Å². The van der Waals surface area contributed by atoms with Gasteiger partial charge in [0.1, 0.15) is 5.82 Å². The number of benzene rings is 1. The van der Waals surface area contributed by atoms with Crippen LogP contribution in [0.1, 0.15) is 50.9 Å². The first kappa shape index (κ1) is 16.7. The highest BCUT2D eigenvalue weighted by Gasteiger charge is 2.15. The lowest BCUT2D eigenvalue weighted by Crippen LogP contribution is -2.31. The van der Waals surface area contributed by atoms with Crippen molar-refractivity contribution in [3.8, 4) is 0 Å². The molecule has 1 atom stereocenters. The Kier molecular flexibility index (Phi) is 6.69. The number of hydrogen-bond acceptors (Lipinski definition) is 1. The summed E-state index contributed by atoms with van der Waals surface area (Å²) in [5.41, 5.74) is 0.512. The SMILES string of the molecule is CC(C)CCC(CNC(=O)c1ccc(F)cc1)C(C)C. The van der Waals surface area contributed by atoms with Crippen molar-refractivity contribution >= 4 is 5.91 Å². The summed E-state index contributed by atoms with van der Waals surface area (Å²) < 4.78 is 12.8. The molecule has 0 aromatic heterocycles. The third-order valence-corrected chi connectivity index (χ3v) is 3.69. The Morgan fingerprint density at radius 2 is 1.70 bits per heavy atom. The van der Waals surface area contributed by atoms with E-state index in [0.717, 1.165) is 6.42 Å². The molecule has 0 aliphatic rings. The van der Waals surface area contributed by atoms with Crippen LogP contribution in [0, 0.1) is 23.6 Å². The minimum Gasteiger partial charge on any atom is -0.352 e. The van der Waals surface area contributed by atoms with Crippen LogP contribution in [0.4, 0.5) is 4.39 Å². The molecule has 1 unspecified atom stereocenters. The molecule has 0 saturated heterocycles. The van der Waals surface area contributed by atoms with Crippen LogP contribution in [0.3, 0.4) is 0 Å². The van der Waals surface area contributed by atoms with E-state index >= 15 is 0 Å². The van der Waals surface area contributed by atoms with E-state index in [0.29, 0.717) is 29.9 Å². The maximum Gasteiger partial charge on any atom is 0.251 e. The van der Waals surface area contributed by atoms with E-state index in [-0.39, 0.29) is 11.7 Å². The number of carbonyl (C=O) groups is 1. The molecule has 1 aromatic carbocycles. The largest absolute Gasteiger partial charge is 0.352 e. The smallest absolute Gasteiger partial charge is 0.251 e. The van der Waals surface area contributed by atoms with Gasteiger partial charge in [0.25, 0.3) is 5.91 Å². The van der Waals surface area contributed by atoms with Gasteiger partial charge in [0.05, 0.1) is 0 Å². The van der Waals surface area contributed by atoms with Gasteiger partial charge in [-0.15, -0.1) is 0 Å². The zero-order valence-corrected chi connectivity index (χ0v) is 12.9. The quantitative estimate of drug-likeness (QED) is 0.793. The molecule has 0 fully saturated rings. The van der Waals surface area contributed by atoms with E-state index in [1.165, 1.54) is 30.7 Å². The summed E-state index contributed by atoms with van der Waals surface area (Å²) in [4.78, 5) is 12.0. The van der Waals surface area contributed by atoms with Gasteiger partial charge in [0, 0.05) is 12.1 Å². The summed E-state index contributed by atoms with van der Waals surface area (Å²) in [5, 5.41) is 2.96. The second-order valence-electron chi connectivity index (χ2n) is 6.19. The fourth-order valence-electron chi connectivity index (χ4n) is 2.15. The Morgan fingerprint density at radius 3 is 2.20 bits per heavy atom. The van der Waals surface area contributed by atoms with Crippen molar-refractivity contribution in [3.63, 3.8) is 0 Å². The van der Waals surface area contributed by atoms with Gasteiger partial charge in [-0.05, 0) is 48.4 Å². The predicted octanol–water partition coefficient (Wildman–Crippen LogP) is 4.26. The van der Waals surface area contributed by atoms with E-state index in [4.69, 9.17) is 0 Å². The Labute approximate surface area is 121 Å². The standard InChI is InChI=1S/C17H26FNO/c1-12(2)5-6-15(13(3)4)11-19-17(20)14-7-9-16(18)10-8-14/h7-10,12-13,15H,5-6,11H2,1-4H3,(H,19,20). The number of hydrogen-bond donors (Lipinski definition) is 1. The van der Waals surface area contributed by atoms with Gasteiger partial charge >= 0.3 is 0 Å². The van der Waals surface area contributed by atoms with E-state index in [1.54, 1.807) is 0 Å². The first-order valence-electron chi connectivity index (χ1n) is 7.44. The summed E-state index contributed by atoms with van der Waals surface area (Å²) in [7, 11) is 0. The maximum atomic E-state index is 12.8. The summed E-state index contributed by atoms with van der Waals surface area (Å²) in [6.07, 6.45) is 2.30. The third-order valence-electron chi connectivity index (χ3n) is 3.69. The molecule has 0 bridgehead atoms. The van der Waals surface area contributed by atoms with Crippen LogP contribution < -0.4 is 5.32 Å². The van der Waals surface area contributed by atoms with Crippen LogP contribution in [-0.4, -0.2) is 12.5 Å². The number of amides is 1. The molecule has 0 spiro atoms. The number of nitrogens with one attached hydrogen (secondary N) is 1. The second kappa shape index (κ2) is 8.03. The molecule has 3 heteroatoms. The number of carbonyl (C=O) groups excluding carboxylic acids is 1. The molecule has 1 aromatic rings. The highest BCUT2D eigenvalue weighted by atomic mass is 19.1. The normalized spacial score (nSPS) is 12.8. The molecule has 0 heterocycles. The molecule has 1 N–H and O–H groups in total. The fraction of sp³-hybridized carbons (Fsp3) is 0.588. The summed E-state index contributed by atoms with van der Waals surface area (Å²) >= 11 is 0. The lowest BCUT2D eigenvalue weighted by molar-refractivity contribution is 0.0941. The molecule has 0 saturated carbocycles. The lowest BCUT2D eigenvalue weighted by atomic mass is 9.88. The Morgan fingerprint density at radius 1 is 1.10 bits per heavy atom. The van der Waals surface area contributed by atoms with Gasteiger partial charge in [0.2, 0.25) is 0 Å². The van der Waals surface area contributed by atoms with Crippen molar-refractivity contribution in [2.24, 2.45) is 17.8 Å². The van der Waals surface area contributed by atoms with Crippen molar-refractivity contribution in [1.82, 2.24) is 5.32 Å². The summed E-state index contributed by atoms with van der Waals surface area (Å²) in [6.45, 7) is 9.49. The zero-order valence-electron chi connectivity index (χ0n) is 12.9. The molecule has 0 radical (unpaired) electrons. The van der Waals surface area contributed by atoms with Crippen LogP contribution in [-0.2, 0) is 0 Å². The van der Waals surface area contributed by atoms with Crippen LogP contribution in [0.2, 0.25) is 0 Å². The lowest BCUT2D eigenvalue weighted by Gasteiger charge is -2.22. The highest BCUT2D eigenvalue weighted by molar-refractivity contribution is 5.94. The fourth-order valence-corrected chi connectivity index (χ4v) is 2.15. The third kappa shape index (κ3) is 5.72. The Balaban J connectivity index is 2.50. The van der Waals surface area contributed by atoms with Gasteiger partial charge in [0.15, 0.2) is 0 Å². The van der Waals surface area contributed by atoms with Gasteiger partial charge in [-0.2, -0.15) is 0 Å². The average Bonchev–Trinajstić information content (AvgIpc) is 2.38. The van der Waals surface area contributed by atoms with E-state index in [9.17, 15) is 9.18 Å². The van der Waals surface area contributed by atoms with Gasteiger partial charge in [-0.3, -0.25) is 4.79 Å². The molecule has 2 nitrogen and oxygen atoms in total. The molecule has 1 rings (SSSR count). The Bertz CT molecular complexity index is 412. The van der Waals surface area contributed by atoms with Crippen molar-refractivity contribution in [1.29, 1.82) is 0 Å². The van der Waals surface area contributed by atoms with Crippen molar-refractivity contribution in [3.05, 3.63) is 35.6 Å². The molecular formula is C17H26FNO. The molecule has 0 aliphatic carbocycles. The minimum absolute atomic E-state index is 0.125. The van der Waals surface area contributed by atoms with Gasteiger partial charge < -0.3 is 5.32 Å². The van der Waals surface area contributed by atoms with Crippen LogP contribution in [0.15, 0.2) is 24.3 Å². The molecule has 1 amide bonds. The summed E-state index contributed by atoms with van der Waals surface area (Å²) in [5.74, 6) is 1.27. The topological polar surface area (TPSA) is 29.1 Å². The van der Waals surface area contributed by atoms with Crippen molar-refractivity contribution in [2.45, 2.75) is 40.5 Å². The zero-order chi connectivity index (χ0) is 15.1. The first-order valence-corrected chi connectivity index (χ1v) is 7.44. The van der Waals surface area contributed by atoms with Crippen LogP contribution >= 0.6 is 0 Å². The Hall–Kier alpha value is -1.38. The maximum absolute atomic E-state index is 12.8. The monoisotopic (exact) mass is 279 g/mol. The first-order chi connectivity index (χ1) is 9.40. The summed E-state index contributed by atoms with van der Waals surface area (Å²) in [6, 6.07) is 5.66. The minimum atomic E-state index is -0.321.